The molecule has 17 heavy (non-hydrogen) atoms. The van der Waals surface area contributed by atoms with Crippen LogP contribution in [-0.4, -0.2) is 20.0 Å². The van der Waals surface area contributed by atoms with Crippen LogP contribution >= 0.6 is 29.8 Å². The van der Waals surface area contributed by atoms with Crippen LogP contribution in [-0.2, 0) is 20.9 Å². The van der Waals surface area contributed by atoms with Crippen molar-refractivity contribution in [3.05, 3.63) is 10.9 Å². The van der Waals surface area contributed by atoms with Gasteiger partial charge in [-0.15, -0.1) is 23.1 Å². The van der Waals surface area contributed by atoms with Crippen LogP contribution in [0.25, 0.3) is 0 Å². The predicted molar refractivity (Wildman–Crippen MR) is 74.4 cm³/mol. The molecule has 1 heterocycles. The van der Waals surface area contributed by atoms with Crippen molar-refractivity contribution in [2.75, 3.05) is 20.0 Å². The van der Waals surface area contributed by atoms with Gasteiger partial charge in [-0.2, -0.15) is 5.26 Å². The second-order valence-electron chi connectivity index (χ2n) is 2.71. The Morgan fingerprint density at radius 1 is 1.53 bits per heavy atom. The van der Waals surface area contributed by atoms with Crippen molar-refractivity contribution in [1.29, 1.82) is 5.26 Å². The number of hydrogen-bond acceptors (Lipinski definition) is 7. The molecule has 0 unspecified atom stereocenters. The van der Waals surface area contributed by atoms with Crippen LogP contribution in [0.4, 0.5) is 0 Å². The zero-order valence-electron chi connectivity index (χ0n) is 9.63. The van der Waals surface area contributed by atoms with Crippen molar-refractivity contribution in [3.63, 3.8) is 0 Å². The Balaban J connectivity index is 2.98. The zero-order chi connectivity index (χ0) is 12.9. The maximum absolute atomic E-state index is 9.01. The van der Waals surface area contributed by atoms with E-state index in [1.54, 1.807) is 17.8 Å². The second-order valence-corrected chi connectivity index (χ2v) is 8.47. The van der Waals surface area contributed by atoms with Crippen LogP contribution < -0.4 is 4.52 Å². The van der Waals surface area contributed by atoms with Crippen LogP contribution in [0.1, 0.15) is 11.8 Å². The molecule has 1 aromatic heterocycles. The first kappa shape index (κ1) is 15.0. The van der Waals surface area contributed by atoms with Gasteiger partial charge < -0.3 is 13.6 Å². The van der Waals surface area contributed by atoms with E-state index in [-0.39, 0.29) is 0 Å². The molecule has 0 saturated heterocycles. The Kier molecular flexibility index (Phi) is 5.93. The van der Waals surface area contributed by atoms with Crippen LogP contribution in [0.5, 0.6) is 5.75 Å². The molecule has 94 valence electrons. The molecule has 0 spiro atoms. The summed E-state index contributed by atoms with van der Waals surface area (Å²) in [7, 11) is 2.87. The molecule has 0 amide bonds. The summed E-state index contributed by atoms with van der Waals surface area (Å²) in [5, 5.41) is 9.01. The normalized spacial score (nSPS) is 11.2. The van der Waals surface area contributed by atoms with Gasteiger partial charge in [0, 0.05) is 32.1 Å². The van der Waals surface area contributed by atoms with Gasteiger partial charge >= 0.3 is 6.72 Å². The molecule has 0 N–H and O–H groups in total. The Bertz CT molecular complexity index is 461. The first-order valence-corrected chi connectivity index (χ1v) is 9.02. The maximum Gasteiger partial charge on any atom is 0.380 e. The Hall–Kier alpha value is -0.0900. The van der Waals surface area contributed by atoms with Gasteiger partial charge in [-0.1, -0.05) is 6.92 Å². The molecule has 0 atom stereocenters. The second kappa shape index (κ2) is 6.74. The van der Waals surface area contributed by atoms with Gasteiger partial charge in [-0.3, -0.25) is 0 Å². The van der Waals surface area contributed by atoms with Gasteiger partial charge in [-0.25, -0.2) is 0 Å². The fourth-order valence-electron chi connectivity index (χ4n) is 0.982. The first-order valence-electron chi connectivity index (χ1n) is 4.66. The van der Waals surface area contributed by atoms with E-state index in [0.29, 0.717) is 10.6 Å². The number of hydrogen-bond donors (Lipinski definition) is 0. The number of thioether (sulfide) groups is 1. The van der Waals surface area contributed by atoms with E-state index >= 15 is 0 Å². The Labute approximate surface area is 114 Å². The van der Waals surface area contributed by atoms with Gasteiger partial charge in [0.25, 0.3) is 0 Å². The van der Waals surface area contributed by atoms with E-state index < -0.39 is 6.72 Å². The Morgan fingerprint density at radius 3 is 2.65 bits per heavy atom. The highest BCUT2D eigenvalue weighted by atomic mass is 32.5. The quantitative estimate of drug-likeness (QED) is 0.591. The molecule has 0 bridgehead atoms. The molecule has 0 aliphatic heterocycles. The van der Waals surface area contributed by atoms with E-state index in [1.165, 1.54) is 25.6 Å². The fraction of sp³-hybridized carbons (Fsp3) is 0.444. The van der Waals surface area contributed by atoms with E-state index in [1.807, 2.05) is 6.92 Å². The highest BCUT2D eigenvalue weighted by molar-refractivity contribution is 8.07. The van der Waals surface area contributed by atoms with Crippen LogP contribution in [0.2, 0.25) is 0 Å². The smallest absolute Gasteiger partial charge is 0.380 e. The summed E-state index contributed by atoms with van der Waals surface area (Å²) < 4.78 is 16.6. The van der Waals surface area contributed by atoms with Crippen molar-refractivity contribution in [2.45, 2.75) is 11.1 Å². The Morgan fingerprint density at radius 2 is 2.18 bits per heavy atom. The molecule has 0 fully saturated rings. The standard InChI is InChI=1S/C9H12NO3PS3/c1-4-16-9-5-7(8(6-10)17-9)13-14(15,11-2)12-3/h5H,4H2,1-3H3. The van der Waals surface area contributed by atoms with Crippen molar-refractivity contribution in [1.82, 2.24) is 0 Å². The molecule has 0 aliphatic rings. The highest BCUT2D eigenvalue weighted by Crippen LogP contribution is 2.50. The summed E-state index contributed by atoms with van der Waals surface area (Å²) in [5.74, 6) is 1.38. The van der Waals surface area contributed by atoms with Crippen LogP contribution in [0.15, 0.2) is 10.3 Å². The molecular weight excluding hydrogens is 297 g/mol. The van der Waals surface area contributed by atoms with Crippen molar-refractivity contribution < 1.29 is 13.6 Å². The molecule has 1 aromatic rings. The average molecular weight is 309 g/mol. The fourth-order valence-corrected chi connectivity index (χ4v) is 3.90. The predicted octanol–water partition coefficient (Wildman–Crippen LogP) is 3.63. The third-order valence-corrected chi connectivity index (χ3v) is 6.26. The molecule has 0 aromatic carbocycles. The monoisotopic (exact) mass is 309 g/mol. The van der Waals surface area contributed by atoms with Crippen LogP contribution in [0.3, 0.4) is 0 Å². The summed E-state index contributed by atoms with van der Waals surface area (Å²) >= 11 is 8.13. The van der Waals surface area contributed by atoms with E-state index in [0.717, 1.165) is 9.96 Å². The highest BCUT2D eigenvalue weighted by Gasteiger charge is 2.22. The minimum Gasteiger partial charge on any atom is -0.422 e. The lowest BCUT2D eigenvalue weighted by Gasteiger charge is -2.17. The van der Waals surface area contributed by atoms with Gasteiger partial charge in [0.2, 0.25) is 0 Å². The van der Waals surface area contributed by atoms with Gasteiger partial charge in [0.15, 0.2) is 5.75 Å². The lowest BCUT2D eigenvalue weighted by atomic mass is 10.5. The SMILES string of the molecule is CCSc1cc(OP(=S)(OC)OC)c(C#N)s1. The van der Waals surface area contributed by atoms with Gasteiger partial charge in [0.1, 0.15) is 10.9 Å². The third kappa shape index (κ3) is 3.95. The molecule has 0 aliphatic carbocycles. The van der Waals surface area contributed by atoms with Gasteiger partial charge in [0.05, 0.1) is 4.21 Å². The molecular formula is C9H12NO3PS3. The van der Waals surface area contributed by atoms with Crippen molar-refractivity contribution >= 4 is 41.6 Å². The van der Waals surface area contributed by atoms with Crippen molar-refractivity contribution in [2.24, 2.45) is 0 Å². The van der Waals surface area contributed by atoms with E-state index in [2.05, 4.69) is 6.07 Å². The first-order chi connectivity index (χ1) is 8.08. The van der Waals surface area contributed by atoms with E-state index in [9.17, 15) is 0 Å². The minimum absolute atomic E-state index is 0.445. The third-order valence-electron chi connectivity index (χ3n) is 1.72. The molecule has 1 rings (SSSR count). The summed E-state index contributed by atoms with van der Waals surface area (Å²) in [5.41, 5.74) is 0. The number of nitriles is 1. The van der Waals surface area contributed by atoms with Gasteiger partial charge in [-0.05, 0) is 5.75 Å². The summed E-state index contributed by atoms with van der Waals surface area (Å²) in [4.78, 5) is 0.490. The molecule has 0 saturated carbocycles. The number of thiophene rings is 1. The van der Waals surface area contributed by atoms with E-state index in [4.69, 9.17) is 30.6 Å². The molecule has 8 heteroatoms. The zero-order valence-corrected chi connectivity index (χ0v) is 13.0. The summed E-state index contributed by atoms with van der Waals surface area (Å²) in [6.07, 6.45) is 0. The lowest BCUT2D eigenvalue weighted by molar-refractivity contribution is 0.273. The molecule has 4 nitrogen and oxygen atoms in total. The number of nitrogens with zero attached hydrogens (tertiary/aromatic N) is 1. The largest absolute Gasteiger partial charge is 0.422 e. The summed E-state index contributed by atoms with van der Waals surface area (Å²) in [6, 6.07) is 3.89. The number of rotatable bonds is 6. The van der Waals surface area contributed by atoms with Crippen molar-refractivity contribution in [3.8, 4) is 11.8 Å². The minimum atomic E-state index is -2.77. The maximum atomic E-state index is 9.01. The topological polar surface area (TPSA) is 51.5 Å². The average Bonchev–Trinajstić information content (AvgIpc) is 2.71. The molecule has 0 radical (unpaired) electrons. The lowest BCUT2D eigenvalue weighted by Crippen LogP contribution is -1.96. The summed E-state index contributed by atoms with van der Waals surface area (Å²) in [6.45, 7) is -0.722. The van der Waals surface area contributed by atoms with Crippen LogP contribution in [0, 0.1) is 11.3 Å².